The first kappa shape index (κ1) is 12.4. The number of halogens is 1. The number of nitrogens with zero attached hydrogens (tertiary/aromatic N) is 2. The Labute approximate surface area is 99.5 Å². The molecule has 0 aliphatic heterocycles. The lowest BCUT2D eigenvalue weighted by Crippen LogP contribution is -2.21. The Kier molecular flexibility index (Phi) is 4.46. The smallest absolute Gasteiger partial charge is 0.225 e. The molecule has 0 spiro atoms. The number of nitrogen functional groups attached to an aromatic ring is 1. The van der Waals surface area contributed by atoms with Gasteiger partial charge in [0.1, 0.15) is 10.4 Å². The molecule has 15 heavy (non-hydrogen) atoms. The number of hydrogen-bond donors (Lipinski definition) is 2. The molecule has 0 saturated carbocycles. The van der Waals surface area contributed by atoms with E-state index in [4.69, 9.17) is 5.73 Å². The number of hydrogen-bond acceptors (Lipinski definition) is 5. The van der Waals surface area contributed by atoms with Crippen LogP contribution >= 0.6 is 15.9 Å². The van der Waals surface area contributed by atoms with Gasteiger partial charge in [0.2, 0.25) is 5.95 Å². The number of rotatable bonds is 4. The number of anilines is 2. The monoisotopic (exact) mass is 292 g/mol. The van der Waals surface area contributed by atoms with Crippen LogP contribution in [0.5, 0.6) is 0 Å². The molecule has 2 unspecified atom stereocenters. The second-order valence-electron chi connectivity index (χ2n) is 3.13. The highest BCUT2D eigenvalue weighted by atomic mass is 79.9. The zero-order valence-corrected chi connectivity index (χ0v) is 10.9. The van der Waals surface area contributed by atoms with Crippen molar-refractivity contribution < 1.29 is 4.21 Å². The van der Waals surface area contributed by atoms with Crippen LogP contribution in [0.1, 0.15) is 6.92 Å². The van der Waals surface area contributed by atoms with Gasteiger partial charge in [-0.15, -0.1) is 0 Å². The van der Waals surface area contributed by atoms with E-state index in [-0.39, 0.29) is 5.25 Å². The second kappa shape index (κ2) is 5.41. The zero-order chi connectivity index (χ0) is 11.4. The third-order valence-electron chi connectivity index (χ3n) is 1.83. The van der Waals surface area contributed by atoms with Crippen LogP contribution in [-0.4, -0.2) is 32.2 Å². The summed E-state index contributed by atoms with van der Waals surface area (Å²) in [6.07, 6.45) is 1.67. The van der Waals surface area contributed by atoms with Gasteiger partial charge in [0.25, 0.3) is 0 Å². The number of aromatic nitrogens is 2. The molecule has 0 bridgehead atoms. The zero-order valence-electron chi connectivity index (χ0n) is 8.53. The summed E-state index contributed by atoms with van der Waals surface area (Å²) in [5.74, 6) is 0.837. The molecule has 84 valence electrons. The van der Waals surface area contributed by atoms with Gasteiger partial charge in [-0.25, -0.2) is 4.98 Å². The van der Waals surface area contributed by atoms with Crippen LogP contribution in [-0.2, 0) is 10.8 Å². The molecule has 2 atom stereocenters. The van der Waals surface area contributed by atoms with E-state index in [2.05, 4.69) is 31.2 Å². The maximum absolute atomic E-state index is 11.1. The maximum Gasteiger partial charge on any atom is 0.225 e. The lowest BCUT2D eigenvalue weighted by atomic mass is 10.5. The highest BCUT2D eigenvalue weighted by Gasteiger charge is 2.07. The molecule has 0 radical (unpaired) electrons. The fourth-order valence-corrected chi connectivity index (χ4v) is 1.59. The molecule has 5 nitrogen and oxygen atoms in total. The SMILES string of the molecule is CC(CNc1nc(N)cc(Br)n1)S(C)=O. The van der Waals surface area contributed by atoms with Crippen LogP contribution in [0.3, 0.4) is 0 Å². The van der Waals surface area contributed by atoms with E-state index >= 15 is 0 Å². The van der Waals surface area contributed by atoms with E-state index in [1.54, 1.807) is 12.3 Å². The Morgan fingerprint density at radius 1 is 1.67 bits per heavy atom. The van der Waals surface area contributed by atoms with Crippen molar-refractivity contribution in [1.29, 1.82) is 0 Å². The van der Waals surface area contributed by atoms with E-state index in [9.17, 15) is 4.21 Å². The Morgan fingerprint density at radius 2 is 2.33 bits per heavy atom. The van der Waals surface area contributed by atoms with Crippen molar-refractivity contribution >= 4 is 38.5 Å². The van der Waals surface area contributed by atoms with E-state index in [0.29, 0.717) is 22.9 Å². The van der Waals surface area contributed by atoms with E-state index in [1.807, 2.05) is 6.92 Å². The first-order valence-electron chi connectivity index (χ1n) is 4.35. The molecule has 1 aromatic rings. The van der Waals surface area contributed by atoms with Gasteiger partial charge >= 0.3 is 0 Å². The summed E-state index contributed by atoms with van der Waals surface area (Å²) in [4.78, 5) is 8.07. The molecule has 1 rings (SSSR count). The van der Waals surface area contributed by atoms with Crippen LogP contribution in [0.15, 0.2) is 10.7 Å². The molecule has 0 aliphatic rings. The summed E-state index contributed by atoms with van der Waals surface area (Å²) in [5.41, 5.74) is 5.54. The molecule has 1 aromatic heterocycles. The maximum atomic E-state index is 11.1. The van der Waals surface area contributed by atoms with Crippen molar-refractivity contribution in [3.63, 3.8) is 0 Å². The third kappa shape index (κ3) is 4.13. The van der Waals surface area contributed by atoms with E-state index in [0.717, 1.165) is 0 Å². The van der Waals surface area contributed by atoms with Crippen LogP contribution < -0.4 is 11.1 Å². The van der Waals surface area contributed by atoms with Gasteiger partial charge < -0.3 is 11.1 Å². The van der Waals surface area contributed by atoms with Crippen LogP contribution in [0, 0.1) is 0 Å². The molecule has 0 aromatic carbocycles. The van der Waals surface area contributed by atoms with Crippen molar-refractivity contribution in [3.8, 4) is 0 Å². The van der Waals surface area contributed by atoms with Gasteiger partial charge in [0.05, 0.1) is 0 Å². The summed E-state index contributed by atoms with van der Waals surface area (Å²) in [6.45, 7) is 2.45. The van der Waals surface area contributed by atoms with Gasteiger partial charge in [-0.1, -0.05) is 0 Å². The summed E-state index contributed by atoms with van der Waals surface area (Å²) >= 11 is 3.22. The van der Waals surface area contributed by atoms with Crippen LogP contribution in [0.2, 0.25) is 0 Å². The molecule has 0 saturated heterocycles. The average Bonchev–Trinajstić information content (AvgIpc) is 2.12. The number of nitrogens with two attached hydrogens (primary N) is 1. The predicted molar refractivity (Wildman–Crippen MR) is 66.2 cm³/mol. The molecule has 0 amide bonds. The predicted octanol–water partition coefficient (Wildman–Crippen LogP) is 1.00. The molecular weight excluding hydrogens is 280 g/mol. The van der Waals surface area contributed by atoms with E-state index in [1.165, 1.54) is 0 Å². The van der Waals surface area contributed by atoms with Gasteiger partial charge in [-0.05, 0) is 22.9 Å². The minimum atomic E-state index is -0.856. The van der Waals surface area contributed by atoms with Crippen molar-refractivity contribution in [2.75, 3.05) is 23.9 Å². The second-order valence-corrected chi connectivity index (χ2v) is 5.74. The summed E-state index contributed by atoms with van der Waals surface area (Å²) in [6, 6.07) is 1.62. The highest BCUT2D eigenvalue weighted by Crippen LogP contribution is 2.12. The fraction of sp³-hybridized carbons (Fsp3) is 0.500. The normalized spacial score (nSPS) is 14.6. The topological polar surface area (TPSA) is 80.9 Å². The minimum Gasteiger partial charge on any atom is -0.383 e. The van der Waals surface area contributed by atoms with Gasteiger partial charge in [0.15, 0.2) is 0 Å². The molecular formula is C8H13BrN4OS. The number of nitrogens with one attached hydrogen (secondary N) is 1. The quantitative estimate of drug-likeness (QED) is 0.809. The van der Waals surface area contributed by atoms with Crippen molar-refractivity contribution in [2.24, 2.45) is 0 Å². The van der Waals surface area contributed by atoms with Crippen LogP contribution in [0.25, 0.3) is 0 Å². The molecule has 7 heteroatoms. The Morgan fingerprint density at radius 3 is 2.87 bits per heavy atom. The Hall–Kier alpha value is -0.690. The first-order valence-corrected chi connectivity index (χ1v) is 6.76. The minimum absolute atomic E-state index is 0.0498. The molecule has 3 N–H and O–H groups in total. The standard InChI is InChI=1S/C8H13BrN4OS/c1-5(15(2)14)4-11-8-12-6(9)3-7(10)13-8/h3,5H,4H2,1-2H3,(H3,10,11,12,13). The summed E-state index contributed by atoms with van der Waals surface area (Å²) < 4.78 is 11.7. The van der Waals surface area contributed by atoms with E-state index < -0.39 is 10.8 Å². The summed E-state index contributed by atoms with van der Waals surface area (Å²) in [7, 11) is -0.856. The average molecular weight is 293 g/mol. The van der Waals surface area contributed by atoms with Crippen LogP contribution in [0.4, 0.5) is 11.8 Å². The van der Waals surface area contributed by atoms with Gasteiger partial charge in [-0.2, -0.15) is 4.98 Å². The lowest BCUT2D eigenvalue weighted by molar-refractivity contribution is 0.678. The third-order valence-corrected chi connectivity index (χ3v) is 3.54. The fourth-order valence-electron chi connectivity index (χ4n) is 0.866. The van der Waals surface area contributed by atoms with Crippen molar-refractivity contribution in [2.45, 2.75) is 12.2 Å². The Bertz CT molecular complexity index is 353. The Balaban J connectivity index is 2.61. The van der Waals surface area contributed by atoms with Crippen molar-refractivity contribution in [3.05, 3.63) is 10.7 Å². The highest BCUT2D eigenvalue weighted by molar-refractivity contribution is 9.10. The van der Waals surface area contributed by atoms with Crippen molar-refractivity contribution in [1.82, 2.24) is 9.97 Å². The summed E-state index contributed by atoms with van der Waals surface area (Å²) in [5, 5.41) is 3.03. The van der Waals surface area contributed by atoms with Gasteiger partial charge in [0, 0.05) is 34.9 Å². The largest absolute Gasteiger partial charge is 0.383 e. The molecule has 0 fully saturated rings. The first-order chi connectivity index (χ1) is 6.99. The lowest BCUT2D eigenvalue weighted by Gasteiger charge is -2.09. The van der Waals surface area contributed by atoms with Gasteiger partial charge in [-0.3, -0.25) is 4.21 Å². The molecule has 0 aliphatic carbocycles. The molecule has 1 heterocycles.